The number of nitrogens with zero attached hydrogens (tertiary/aromatic N) is 1. The number of carbonyl (C=O) groups is 1. The second-order valence-corrected chi connectivity index (χ2v) is 5.84. The molecule has 1 aromatic carbocycles. The van der Waals surface area contributed by atoms with Crippen molar-refractivity contribution in [2.75, 3.05) is 6.61 Å². The van der Waals surface area contributed by atoms with Crippen molar-refractivity contribution < 1.29 is 9.53 Å². The Balaban J connectivity index is 2.02. The van der Waals surface area contributed by atoms with Gasteiger partial charge in [0, 0.05) is 11.1 Å². The molecule has 1 aromatic heterocycles. The van der Waals surface area contributed by atoms with E-state index in [0.717, 1.165) is 28.3 Å². The summed E-state index contributed by atoms with van der Waals surface area (Å²) in [7, 11) is 0. The first-order valence-corrected chi connectivity index (χ1v) is 8.06. The van der Waals surface area contributed by atoms with Crippen molar-refractivity contribution in [3.63, 3.8) is 0 Å². The van der Waals surface area contributed by atoms with Crippen LogP contribution in [0.1, 0.15) is 31.1 Å². The fraction of sp³-hybridized carbons (Fsp3) is 0.375. The molecule has 2 rings (SSSR count). The quantitative estimate of drug-likeness (QED) is 0.889. The summed E-state index contributed by atoms with van der Waals surface area (Å²) in [5.41, 5.74) is 1.77. The summed E-state index contributed by atoms with van der Waals surface area (Å²) in [6, 6.07) is 7.49. The minimum absolute atomic E-state index is 0.0453. The number of thiazole rings is 1. The highest BCUT2D eigenvalue weighted by Gasteiger charge is 2.13. The Bertz CT molecular complexity index is 705. The molecule has 0 aliphatic heterocycles. The van der Waals surface area contributed by atoms with Gasteiger partial charge in [-0.1, -0.05) is 23.5 Å². The van der Waals surface area contributed by atoms with E-state index in [0.29, 0.717) is 6.61 Å². The molecule has 1 atom stereocenters. The van der Waals surface area contributed by atoms with Gasteiger partial charge >= 0.3 is 4.87 Å². The summed E-state index contributed by atoms with van der Waals surface area (Å²) in [4.78, 5) is 23.6. The third-order valence-electron chi connectivity index (χ3n) is 3.32. The normalized spacial score (nSPS) is 12.0. The van der Waals surface area contributed by atoms with Crippen molar-refractivity contribution in [3.05, 3.63) is 50.6 Å². The maximum absolute atomic E-state index is 12.1. The van der Waals surface area contributed by atoms with Gasteiger partial charge in [0.2, 0.25) is 5.91 Å². The first kappa shape index (κ1) is 16.3. The third-order valence-corrected chi connectivity index (χ3v) is 4.21. The van der Waals surface area contributed by atoms with Crippen LogP contribution in [0, 0.1) is 6.92 Å². The lowest BCUT2D eigenvalue weighted by atomic mass is 10.1. The van der Waals surface area contributed by atoms with Gasteiger partial charge in [-0.15, -0.1) is 0 Å². The number of nitrogens with one attached hydrogen (secondary N) is 1. The Morgan fingerprint density at radius 3 is 2.86 bits per heavy atom. The number of carbonyl (C=O) groups excluding carboxylic acids is 1. The molecule has 1 N–H and O–H groups in total. The molecule has 22 heavy (non-hydrogen) atoms. The molecule has 0 radical (unpaired) electrons. The minimum Gasteiger partial charge on any atom is -0.494 e. The molecule has 118 valence electrons. The van der Waals surface area contributed by atoms with Gasteiger partial charge in [0.15, 0.2) is 0 Å². The Labute approximate surface area is 133 Å². The molecule has 6 heteroatoms. The number of ether oxygens (including phenoxy) is 1. The molecule has 1 heterocycles. The van der Waals surface area contributed by atoms with Crippen LogP contribution in [0.5, 0.6) is 5.75 Å². The van der Waals surface area contributed by atoms with Crippen LogP contribution in [0.3, 0.4) is 0 Å². The summed E-state index contributed by atoms with van der Waals surface area (Å²) in [5.74, 6) is 0.601. The third kappa shape index (κ3) is 3.98. The van der Waals surface area contributed by atoms with Gasteiger partial charge in [-0.2, -0.15) is 0 Å². The van der Waals surface area contributed by atoms with Gasteiger partial charge in [0.05, 0.1) is 12.6 Å². The highest BCUT2D eigenvalue weighted by Crippen LogP contribution is 2.19. The van der Waals surface area contributed by atoms with Gasteiger partial charge < -0.3 is 10.1 Å². The molecular formula is C16H20N2O3S. The van der Waals surface area contributed by atoms with Crippen LogP contribution in [0.15, 0.2) is 34.4 Å². The molecule has 0 spiro atoms. The van der Waals surface area contributed by atoms with Gasteiger partial charge in [-0.3, -0.25) is 14.2 Å². The zero-order valence-electron chi connectivity index (χ0n) is 13.0. The molecule has 0 bridgehead atoms. The SMILES string of the molecule is CCOc1cccc(C(C)NC(=O)Cn2c(C)csc2=O)c1. The minimum atomic E-state index is -0.182. The van der Waals surface area contributed by atoms with Crippen molar-refractivity contribution in [1.82, 2.24) is 9.88 Å². The molecule has 0 aliphatic rings. The lowest BCUT2D eigenvalue weighted by Gasteiger charge is -2.16. The van der Waals surface area contributed by atoms with Crippen LogP contribution < -0.4 is 14.9 Å². The molecule has 1 amide bonds. The molecule has 2 aromatic rings. The van der Waals surface area contributed by atoms with Gasteiger partial charge in [0.1, 0.15) is 12.3 Å². The second-order valence-electron chi connectivity index (χ2n) is 5.02. The van der Waals surface area contributed by atoms with E-state index in [9.17, 15) is 9.59 Å². The number of hydrogen-bond acceptors (Lipinski definition) is 4. The number of rotatable bonds is 6. The average Bonchev–Trinajstić information content (AvgIpc) is 2.80. The monoisotopic (exact) mass is 320 g/mol. The first-order chi connectivity index (χ1) is 10.5. The summed E-state index contributed by atoms with van der Waals surface area (Å²) in [5, 5.41) is 4.66. The Kier molecular flexibility index (Phi) is 5.38. The van der Waals surface area contributed by atoms with E-state index in [1.807, 2.05) is 45.0 Å². The second kappa shape index (κ2) is 7.26. The molecule has 1 unspecified atom stereocenters. The topological polar surface area (TPSA) is 60.3 Å². The predicted molar refractivity (Wildman–Crippen MR) is 87.5 cm³/mol. The number of benzene rings is 1. The van der Waals surface area contributed by atoms with E-state index < -0.39 is 0 Å². The van der Waals surface area contributed by atoms with Gasteiger partial charge in [-0.25, -0.2) is 0 Å². The number of aromatic nitrogens is 1. The summed E-state index contributed by atoms with van der Waals surface area (Å²) in [6.45, 7) is 6.30. The first-order valence-electron chi connectivity index (χ1n) is 7.18. The summed E-state index contributed by atoms with van der Waals surface area (Å²) in [6.07, 6.45) is 0. The van der Waals surface area contributed by atoms with E-state index in [1.165, 1.54) is 4.57 Å². The van der Waals surface area contributed by atoms with Gasteiger partial charge in [0.25, 0.3) is 0 Å². The Morgan fingerprint density at radius 2 is 2.23 bits per heavy atom. The average molecular weight is 320 g/mol. The Morgan fingerprint density at radius 1 is 1.45 bits per heavy atom. The predicted octanol–water partition coefficient (Wildman–Crippen LogP) is 2.49. The van der Waals surface area contributed by atoms with Crippen molar-refractivity contribution >= 4 is 17.2 Å². The van der Waals surface area contributed by atoms with Gasteiger partial charge in [-0.05, 0) is 38.5 Å². The van der Waals surface area contributed by atoms with Crippen LogP contribution in [-0.2, 0) is 11.3 Å². The highest BCUT2D eigenvalue weighted by atomic mass is 32.1. The van der Waals surface area contributed by atoms with Crippen molar-refractivity contribution in [1.29, 1.82) is 0 Å². The smallest absolute Gasteiger partial charge is 0.307 e. The zero-order chi connectivity index (χ0) is 16.1. The maximum atomic E-state index is 12.1. The van der Waals surface area contributed by atoms with Crippen LogP contribution >= 0.6 is 11.3 Å². The highest BCUT2D eigenvalue weighted by molar-refractivity contribution is 7.07. The van der Waals surface area contributed by atoms with E-state index in [2.05, 4.69) is 5.32 Å². The molecular weight excluding hydrogens is 300 g/mol. The number of aryl methyl sites for hydroxylation is 1. The Hall–Kier alpha value is -2.08. The molecule has 0 fully saturated rings. The fourth-order valence-corrected chi connectivity index (χ4v) is 2.88. The summed E-state index contributed by atoms with van der Waals surface area (Å²) < 4.78 is 6.94. The number of hydrogen-bond donors (Lipinski definition) is 1. The maximum Gasteiger partial charge on any atom is 0.307 e. The zero-order valence-corrected chi connectivity index (χ0v) is 13.8. The van der Waals surface area contributed by atoms with E-state index in [4.69, 9.17) is 4.74 Å². The standard InChI is InChI=1S/C16H20N2O3S/c1-4-21-14-7-5-6-13(8-14)12(3)17-15(19)9-18-11(2)10-22-16(18)20/h5-8,10,12H,4,9H2,1-3H3,(H,17,19). The molecule has 5 nitrogen and oxygen atoms in total. The molecule has 0 saturated carbocycles. The van der Waals surface area contributed by atoms with Crippen LogP contribution in [-0.4, -0.2) is 17.1 Å². The van der Waals surface area contributed by atoms with E-state index in [1.54, 1.807) is 5.38 Å². The van der Waals surface area contributed by atoms with Crippen molar-refractivity contribution in [3.8, 4) is 5.75 Å². The van der Waals surface area contributed by atoms with Crippen LogP contribution in [0.25, 0.3) is 0 Å². The van der Waals surface area contributed by atoms with Crippen molar-refractivity contribution in [2.24, 2.45) is 0 Å². The lowest BCUT2D eigenvalue weighted by Crippen LogP contribution is -2.32. The number of amides is 1. The van der Waals surface area contributed by atoms with Crippen LogP contribution in [0.4, 0.5) is 0 Å². The largest absolute Gasteiger partial charge is 0.494 e. The van der Waals surface area contributed by atoms with E-state index >= 15 is 0 Å². The lowest BCUT2D eigenvalue weighted by molar-refractivity contribution is -0.122. The fourth-order valence-electron chi connectivity index (χ4n) is 2.15. The summed E-state index contributed by atoms with van der Waals surface area (Å²) >= 11 is 1.11. The van der Waals surface area contributed by atoms with Crippen molar-refractivity contribution in [2.45, 2.75) is 33.4 Å². The molecule has 0 aliphatic carbocycles. The molecule has 0 saturated heterocycles. The van der Waals surface area contributed by atoms with E-state index in [-0.39, 0.29) is 23.4 Å². The van der Waals surface area contributed by atoms with Crippen LogP contribution in [0.2, 0.25) is 0 Å².